The molecule has 0 saturated heterocycles. The number of hydrogen-bond acceptors (Lipinski definition) is 4. The lowest BCUT2D eigenvalue weighted by molar-refractivity contribution is -0.160. The predicted octanol–water partition coefficient (Wildman–Crippen LogP) is 1.67. The Labute approximate surface area is 110 Å². The van der Waals surface area contributed by atoms with Crippen LogP contribution in [0.15, 0.2) is 0 Å². The van der Waals surface area contributed by atoms with Crippen LogP contribution in [0.5, 0.6) is 0 Å². The summed E-state index contributed by atoms with van der Waals surface area (Å²) in [5.41, 5.74) is -2.11. The molecular formula is C8H4Cl4O4. The van der Waals surface area contributed by atoms with E-state index >= 15 is 0 Å². The Morgan fingerprint density at radius 1 is 0.812 bits per heavy atom. The zero-order valence-corrected chi connectivity index (χ0v) is 10.5. The van der Waals surface area contributed by atoms with Gasteiger partial charge < -0.3 is 0 Å². The van der Waals surface area contributed by atoms with E-state index in [1.807, 2.05) is 0 Å². The van der Waals surface area contributed by atoms with E-state index in [4.69, 9.17) is 46.4 Å². The van der Waals surface area contributed by atoms with Gasteiger partial charge in [-0.05, 0) is 52.8 Å². The smallest absolute Gasteiger partial charge is 0.238 e. The summed E-state index contributed by atoms with van der Waals surface area (Å²) >= 11 is 20.9. The maximum Gasteiger partial charge on any atom is 0.238 e. The molecule has 1 aliphatic rings. The van der Waals surface area contributed by atoms with Crippen LogP contribution in [0.4, 0.5) is 0 Å². The summed E-state index contributed by atoms with van der Waals surface area (Å²) in [5.74, 6) is -2.39. The van der Waals surface area contributed by atoms with Crippen LogP contribution in [0.3, 0.4) is 0 Å². The summed E-state index contributed by atoms with van der Waals surface area (Å²) in [5, 5.41) is -4.29. The number of hydrogen-bond donors (Lipinski definition) is 0. The maximum absolute atomic E-state index is 11.3. The molecule has 0 aromatic carbocycles. The van der Waals surface area contributed by atoms with Crippen LogP contribution in [0.2, 0.25) is 0 Å². The highest BCUT2D eigenvalue weighted by atomic mass is 35.5. The third kappa shape index (κ3) is 1.78. The molecule has 0 aromatic heterocycles. The predicted molar refractivity (Wildman–Crippen MR) is 57.5 cm³/mol. The molecule has 4 nitrogen and oxygen atoms in total. The lowest BCUT2D eigenvalue weighted by Crippen LogP contribution is -2.60. The number of rotatable bonds is 4. The first-order valence-corrected chi connectivity index (χ1v) is 5.56. The minimum Gasteiger partial charge on any atom is -0.281 e. The molecule has 8 heteroatoms. The summed E-state index contributed by atoms with van der Waals surface area (Å²) in [6, 6.07) is 0. The zero-order valence-electron chi connectivity index (χ0n) is 7.51. The molecule has 0 unspecified atom stereocenters. The highest BCUT2D eigenvalue weighted by Crippen LogP contribution is 2.56. The fourth-order valence-electron chi connectivity index (χ4n) is 1.86. The van der Waals surface area contributed by atoms with Crippen LogP contribution in [-0.2, 0) is 19.2 Å². The quantitative estimate of drug-likeness (QED) is 0.585. The van der Waals surface area contributed by atoms with Crippen molar-refractivity contribution in [1.82, 2.24) is 0 Å². The Kier molecular flexibility index (Phi) is 4.00. The van der Waals surface area contributed by atoms with Gasteiger partial charge in [0.05, 0.1) is 11.8 Å². The van der Waals surface area contributed by atoms with Crippen LogP contribution >= 0.6 is 46.4 Å². The Hall–Kier alpha value is -0.160. The summed E-state index contributed by atoms with van der Waals surface area (Å²) in [6.07, 6.45) is -0.110. The van der Waals surface area contributed by atoms with Crippen molar-refractivity contribution in [3.05, 3.63) is 0 Å². The molecule has 0 bridgehead atoms. The summed E-state index contributed by atoms with van der Waals surface area (Å²) in [6.45, 7) is 0. The van der Waals surface area contributed by atoms with Crippen molar-refractivity contribution < 1.29 is 19.2 Å². The molecule has 0 N–H and O–H groups in total. The number of carbonyl (C=O) groups excluding carboxylic acids is 4. The van der Waals surface area contributed by atoms with Gasteiger partial charge in [-0.1, -0.05) is 0 Å². The number of halogens is 4. The van der Waals surface area contributed by atoms with Crippen molar-refractivity contribution in [1.29, 1.82) is 0 Å². The lowest BCUT2D eigenvalue weighted by Gasteiger charge is -2.47. The second-order valence-electron chi connectivity index (χ2n) is 3.37. The molecule has 88 valence electrons. The van der Waals surface area contributed by atoms with Crippen LogP contribution in [0, 0.1) is 17.3 Å². The van der Waals surface area contributed by atoms with Gasteiger partial charge in [0, 0.05) is 0 Å². The van der Waals surface area contributed by atoms with E-state index in [1.54, 1.807) is 0 Å². The van der Waals surface area contributed by atoms with Crippen LogP contribution < -0.4 is 0 Å². The van der Waals surface area contributed by atoms with Gasteiger partial charge >= 0.3 is 0 Å². The first-order chi connectivity index (χ1) is 7.26. The van der Waals surface area contributed by atoms with Crippen molar-refractivity contribution in [3.8, 4) is 0 Å². The van der Waals surface area contributed by atoms with Crippen LogP contribution in [0.25, 0.3) is 0 Å². The van der Waals surface area contributed by atoms with Gasteiger partial charge in [0.25, 0.3) is 0 Å². The van der Waals surface area contributed by atoms with E-state index in [0.29, 0.717) is 0 Å². The van der Waals surface area contributed by atoms with E-state index in [1.165, 1.54) is 0 Å². The molecule has 0 amide bonds. The van der Waals surface area contributed by atoms with E-state index in [9.17, 15) is 19.2 Å². The fraction of sp³-hybridized carbons (Fsp3) is 0.500. The fourth-order valence-corrected chi connectivity index (χ4v) is 3.13. The molecule has 2 atom stereocenters. The normalized spacial score (nSPS) is 26.8. The molecule has 0 heterocycles. The van der Waals surface area contributed by atoms with E-state index in [2.05, 4.69) is 0 Å². The Bertz CT molecular complexity index is 355. The van der Waals surface area contributed by atoms with E-state index in [-0.39, 0.29) is 6.42 Å². The van der Waals surface area contributed by atoms with Crippen molar-refractivity contribution in [2.45, 2.75) is 6.42 Å². The molecule has 0 radical (unpaired) electrons. The third-order valence-electron chi connectivity index (χ3n) is 2.77. The standard InChI is InChI=1S/C8H4Cl4O4/c9-4(13)2-1-3(5(10)14)8(2,6(11)15)7(12)16/h2-3H,1H2/t2-,3-/m0/s1. The minimum atomic E-state index is -2.11. The summed E-state index contributed by atoms with van der Waals surface area (Å²) < 4.78 is 0. The monoisotopic (exact) mass is 304 g/mol. The lowest BCUT2D eigenvalue weighted by atomic mass is 9.54. The van der Waals surface area contributed by atoms with Gasteiger partial charge in [-0.25, -0.2) is 0 Å². The van der Waals surface area contributed by atoms with Gasteiger partial charge in [-0.15, -0.1) is 0 Å². The van der Waals surface area contributed by atoms with E-state index < -0.39 is 38.2 Å². The molecule has 16 heavy (non-hydrogen) atoms. The van der Waals surface area contributed by atoms with Gasteiger partial charge in [0.15, 0.2) is 0 Å². The van der Waals surface area contributed by atoms with Crippen LogP contribution in [-0.4, -0.2) is 21.0 Å². The van der Waals surface area contributed by atoms with Crippen molar-refractivity contribution >= 4 is 67.4 Å². The maximum atomic E-state index is 11.3. The van der Waals surface area contributed by atoms with Crippen molar-refractivity contribution in [2.24, 2.45) is 17.3 Å². The molecule has 0 aliphatic heterocycles. The van der Waals surface area contributed by atoms with Crippen molar-refractivity contribution in [3.63, 3.8) is 0 Å². The van der Waals surface area contributed by atoms with Gasteiger partial charge in [0.2, 0.25) is 21.0 Å². The molecule has 1 saturated carbocycles. The molecular weight excluding hydrogens is 302 g/mol. The SMILES string of the molecule is O=C(Cl)[C@@H]1C[C@@H](C(=O)Cl)C1(C(=O)Cl)C(=O)Cl. The average molecular weight is 306 g/mol. The molecule has 0 spiro atoms. The highest BCUT2D eigenvalue weighted by molar-refractivity contribution is 6.77. The summed E-state index contributed by atoms with van der Waals surface area (Å²) in [7, 11) is 0. The second-order valence-corrected chi connectivity index (χ2v) is 4.80. The van der Waals surface area contributed by atoms with Crippen molar-refractivity contribution in [2.75, 3.05) is 0 Å². The molecule has 1 rings (SSSR count). The first kappa shape index (κ1) is 13.9. The first-order valence-electron chi connectivity index (χ1n) is 4.04. The number of carbonyl (C=O) groups is 4. The second kappa shape index (κ2) is 4.61. The average Bonchev–Trinajstić information content (AvgIpc) is 1.97. The van der Waals surface area contributed by atoms with Crippen LogP contribution in [0.1, 0.15) is 6.42 Å². The third-order valence-corrected chi connectivity index (χ3v) is 3.92. The Morgan fingerprint density at radius 2 is 1.12 bits per heavy atom. The zero-order chi connectivity index (χ0) is 12.7. The molecule has 1 aliphatic carbocycles. The van der Waals surface area contributed by atoms with Gasteiger partial charge in [-0.3, -0.25) is 19.2 Å². The topological polar surface area (TPSA) is 68.3 Å². The van der Waals surface area contributed by atoms with E-state index in [0.717, 1.165) is 0 Å². The Balaban J connectivity index is 3.26. The largest absolute Gasteiger partial charge is 0.281 e. The van der Waals surface area contributed by atoms with Gasteiger partial charge in [0.1, 0.15) is 5.41 Å². The van der Waals surface area contributed by atoms with Gasteiger partial charge in [-0.2, -0.15) is 0 Å². The molecule has 1 fully saturated rings. The molecule has 0 aromatic rings. The minimum absolute atomic E-state index is 0.110. The highest BCUT2D eigenvalue weighted by Gasteiger charge is 2.68. The Morgan fingerprint density at radius 3 is 1.31 bits per heavy atom. The summed E-state index contributed by atoms with van der Waals surface area (Å²) in [4.78, 5) is 44.5.